The Morgan fingerprint density at radius 1 is 1.44 bits per heavy atom. The fourth-order valence-electron chi connectivity index (χ4n) is 1.59. The van der Waals surface area contributed by atoms with Crippen LogP contribution < -0.4 is 11.1 Å². The molecule has 5 heteroatoms. The second-order valence-electron chi connectivity index (χ2n) is 4.61. The maximum absolute atomic E-state index is 5.80. The van der Waals surface area contributed by atoms with Gasteiger partial charge in [-0.25, -0.2) is 0 Å². The third kappa shape index (κ3) is 3.13. The van der Waals surface area contributed by atoms with E-state index in [4.69, 9.17) is 14.9 Å². The molecule has 98 valence electrons. The Morgan fingerprint density at radius 3 is 3.00 bits per heavy atom. The summed E-state index contributed by atoms with van der Waals surface area (Å²) >= 11 is 0. The summed E-state index contributed by atoms with van der Waals surface area (Å²) in [5.41, 5.74) is 7.82. The minimum absolute atomic E-state index is 0.482. The standard InChI is InChI=1S/C13H19N3O2/c1-9(2)8-17-7-6-15-13-16-12-10(14)4-3-5-11(12)18-13/h3-5,9H,6-8,14H2,1-2H3,(H,15,16). The summed E-state index contributed by atoms with van der Waals surface area (Å²) in [7, 11) is 0. The predicted octanol–water partition coefficient (Wildman–Crippen LogP) is 2.49. The molecule has 0 saturated carbocycles. The van der Waals surface area contributed by atoms with Gasteiger partial charge in [-0.1, -0.05) is 19.9 Å². The summed E-state index contributed by atoms with van der Waals surface area (Å²) < 4.78 is 11.0. The minimum Gasteiger partial charge on any atom is -0.423 e. The van der Waals surface area contributed by atoms with Crippen LogP contribution in [0, 0.1) is 5.92 Å². The van der Waals surface area contributed by atoms with E-state index in [-0.39, 0.29) is 0 Å². The van der Waals surface area contributed by atoms with E-state index < -0.39 is 0 Å². The number of hydrogen-bond donors (Lipinski definition) is 2. The highest BCUT2D eigenvalue weighted by atomic mass is 16.5. The quantitative estimate of drug-likeness (QED) is 0.608. The first kappa shape index (κ1) is 12.7. The van der Waals surface area contributed by atoms with Gasteiger partial charge in [-0.05, 0) is 18.1 Å². The average molecular weight is 249 g/mol. The molecule has 0 fully saturated rings. The van der Waals surface area contributed by atoms with Crippen LogP contribution in [-0.2, 0) is 4.74 Å². The lowest BCUT2D eigenvalue weighted by molar-refractivity contribution is 0.118. The van der Waals surface area contributed by atoms with Crippen molar-refractivity contribution in [1.29, 1.82) is 0 Å². The Balaban J connectivity index is 1.87. The molecule has 0 aliphatic carbocycles. The third-order valence-electron chi connectivity index (χ3n) is 2.42. The normalized spacial score (nSPS) is 11.3. The van der Waals surface area contributed by atoms with Gasteiger partial charge in [-0.3, -0.25) is 0 Å². The van der Waals surface area contributed by atoms with Gasteiger partial charge in [0.25, 0.3) is 6.01 Å². The molecule has 0 aliphatic heterocycles. The highest BCUT2D eigenvalue weighted by Gasteiger charge is 2.07. The van der Waals surface area contributed by atoms with Crippen LogP contribution >= 0.6 is 0 Å². The molecular weight excluding hydrogens is 230 g/mol. The van der Waals surface area contributed by atoms with Gasteiger partial charge in [0.2, 0.25) is 0 Å². The smallest absolute Gasteiger partial charge is 0.295 e. The molecule has 1 aromatic carbocycles. The van der Waals surface area contributed by atoms with Crippen molar-refractivity contribution in [2.24, 2.45) is 5.92 Å². The fraction of sp³-hybridized carbons (Fsp3) is 0.462. The molecule has 0 radical (unpaired) electrons. The van der Waals surface area contributed by atoms with E-state index in [9.17, 15) is 0 Å². The maximum atomic E-state index is 5.80. The van der Waals surface area contributed by atoms with E-state index in [1.54, 1.807) is 6.07 Å². The molecule has 0 amide bonds. The number of rotatable bonds is 6. The Morgan fingerprint density at radius 2 is 2.28 bits per heavy atom. The molecule has 2 rings (SSSR count). The Labute approximate surface area is 106 Å². The molecule has 2 aromatic rings. The van der Waals surface area contributed by atoms with Crippen LogP contribution in [0.2, 0.25) is 0 Å². The molecule has 1 aromatic heterocycles. The van der Waals surface area contributed by atoms with E-state index in [1.165, 1.54) is 0 Å². The molecule has 0 unspecified atom stereocenters. The van der Waals surface area contributed by atoms with Gasteiger partial charge < -0.3 is 20.2 Å². The van der Waals surface area contributed by atoms with E-state index >= 15 is 0 Å². The highest BCUT2D eigenvalue weighted by molar-refractivity contribution is 5.86. The van der Waals surface area contributed by atoms with Crippen molar-refractivity contribution in [3.8, 4) is 0 Å². The Kier molecular flexibility index (Phi) is 4.04. The number of anilines is 2. The first-order valence-corrected chi connectivity index (χ1v) is 6.13. The summed E-state index contributed by atoms with van der Waals surface area (Å²) in [6.45, 7) is 6.31. The lowest BCUT2D eigenvalue weighted by atomic mass is 10.2. The van der Waals surface area contributed by atoms with Crippen molar-refractivity contribution in [1.82, 2.24) is 4.98 Å². The summed E-state index contributed by atoms with van der Waals surface area (Å²) in [6, 6.07) is 5.98. The van der Waals surface area contributed by atoms with E-state index in [0.717, 1.165) is 6.61 Å². The van der Waals surface area contributed by atoms with Gasteiger partial charge in [-0.15, -0.1) is 0 Å². The Bertz CT molecular complexity index is 508. The Hall–Kier alpha value is -1.75. The highest BCUT2D eigenvalue weighted by Crippen LogP contribution is 2.23. The largest absolute Gasteiger partial charge is 0.423 e. The molecule has 0 saturated heterocycles. The van der Waals surface area contributed by atoms with Crippen LogP contribution in [0.1, 0.15) is 13.8 Å². The zero-order chi connectivity index (χ0) is 13.0. The SMILES string of the molecule is CC(C)COCCNc1nc2c(N)cccc2o1. The second-order valence-corrected chi connectivity index (χ2v) is 4.61. The number of benzene rings is 1. The summed E-state index contributed by atoms with van der Waals surface area (Å²) in [5, 5.41) is 3.08. The van der Waals surface area contributed by atoms with Gasteiger partial charge in [0.15, 0.2) is 5.58 Å². The zero-order valence-electron chi connectivity index (χ0n) is 10.8. The van der Waals surface area contributed by atoms with Crippen LogP contribution in [0.15, 0.2) is 22.6 Å². The molecule has 0 atom stereocenters. The van der Waals surface area contributed by atoms with Crippen LogP contribution in [0.3, 0.4) is 0 Å². The summed E-state index contributed by atoms with van der Waals surface area (Å²) in [5.74, 6) is 0.550. The number of oxazole rings is 1. The number of nitrogens with two attached hydrogens (primary N) is 1. The molecule has 0 aliphatic rings. The number of nitrogen functional groups attached to an aromatic ring is 1. The van der Waals surface area contributed by atoms with Crippen molar-refractivity contribution in [3.05, 3.63) is 18.2 Å². The zero-order valence-corrected chi connectivity index (χ0v) is 10.8. The van der Waals surface area contributed by atoms with Crippen LogP contribution in [0.5, 0.6) is 0 Å². The predicted molar refractivity (Wildman–Crippen MR) is 72.6 cm³/mol. The number of nitrogens with zero attached hydrogens (tertiary/aromatic N) is 1. The van der Waals surface area contributed by atoms with Crippen LogP contribution in [0.25, 0.3) is 11.1 Å². The first-order chi connectivity index (χ1) is 8.66. The molecule has 18 heavy (non-hydrogen) atoms. The second kappa shape index (κ2) is 5.73. The van der Waals surface area contributed by atoms with Crippen molar-refractivity contribution in [3.63, 3.8) is 0 Å². The fourth-order valence-corrected chi connectivity index (χ4v) is 1.59. The number of hydrogen-bond acceptors (Lipinski definition) is 5. The number of para-hydroxylation sites is 1. The number of fused-ring (bicyclic) bond motifs is 1. The van der Waals surface area contributed by atoms with Crippen molar-refractivity contribution >= 4 is 22.8 Å². The van der Waals surface area contributed by atoms with Crippen molar-refractivity contribution in [2.75, 3.05) is 30.8 Å². The number of ether oxygens (including phenoxy) is 1. The number of nitrogens with one attached hydrogen (secondary N) is 1. The third-order valence-corrected chi connectivity index (χ3v) is 2.42. The van der Waals surface area contributed by atoms with Gasteiger partial charge >= 0.3 is 0 Å². The topological polar surface area (TPSA) is 73.3 Å². The van der Waals surface area contributed by atoms with Crippen molar-refractivity contribution < 1.29 is 9.15 Å². The summed E-state index contributed by atoms with van der Waals surface area (Å²) in [6.07, 6.45) is 0. The van der Waals surface area contributed by atoms with Crippen molar-refractivity contribution in [2.45, 2.75) is 13.8 Å². The lowest BCUT2D eigenvalue weighted by Crippen LogP contribution is -2.12. The van der Waals surface area contributed by atoms with E-state index in [1.807, 2.05) is 12.1 Å². The average Bonchev–Trinajstić information content (AvgIpc) is 2.72. The maximum Gasteiger partial charge on any atom is 0.295 e. The molecular formula is C13H19N3O2. The molecule has 1 heterocycles. The van der Waals surface area contributed by atoms with Gasteiger partial charge in [0, 0.05) is 13.2 Å². The summed E-state index contributed by atoms with van der Waals surface area (Å²) in [4.78, 5) is 4.29. The van der Waals surface area contributed by atoms with Crippen LogP contribution in [-0.4, -0.2) is 24.7 Å². The molecule has 5 nitrogen and oxygen atoms in total. The first-order valence-electron chi connectivity index (χ1n) is 6.13. The van der Waals surface area contributed by atoms with Crippen LogP contribution in [0.4, 0.5) is 11.7 Å². The number of aromatic nitrogens is 1. The lowest BCUT2D eigenvalue weighted by Gasteiger charge is -2.06. The van der Waals surface area contributed by atoms with E-state index in [0.29, 0.717) is 41.9 Å². The van der Waals surface area contributed by atoms with Gasteiger partial charge in [0.1, 0.15) is 5.52 Å². The van der Waals surface area contributed by atoms with E-state index in [2.05, 4.69) is 24.1 Å². The molecule has 3 N–H and O–H groups in total. The monoisotopic (exact) mass is 249 g/mol. The van der Waals surface area contributed by atoms with Gasteiger partial charge in [0.05, 0.1) is 12.3 Å². The molecule has 0 bridgehead atoms. The van der Waals surface area contributed by atoms with Gasteiger partial charge in [-0.2, -0.15) is 4.98 Å². The minimum atomic E-state index is 0.482. The molecule has 0 spiro atoms.